The molecule has 2 aromatic carbocycles. The van der Waals surface area contributed by atoms with Crippen LogP contribution in [0.5, 0.6) is 0 Å². The number of hydrogen-bond donors (Lipinski definition) is 1. The van der Waals surface area contributed by atoms with E-state index in [0.29, 0.717) is 13.2 Å². The Kier molecular flexibility index (Phi) is 7.39. The van der Waals surface area contributed by atoms with Crippen LogP contribution >= 0.6 is 0 Å². The molecule has 0 aliphatic heterocycles. The molecule has 1 unspecified atom stereocenters. The fourth-order valence-electron chi connectivity index (χ4n) is 3.68. The maximum atomic E-state index is 11.5. The molecule has 0 fully saturated rings. The first kappa shape index (κ1) is 21.0. The van der Waals surface area contributed by atoms with E-state index in [1.807, 2.05) is 11.9 Å². The minimum absolute atomic E-state index is 0.0334. The average molecular weight is 392 g/mol. The zero-order valence-electron chi connectivity index (χ0n) is 17.2. The van der Waals surface area contributed by atoms with Gasteiger partial charge in [-0.1, -0.05) is 66.8 Å². The van der Waals surface area contributed by atoms with Crippen molar-refractivity contribution < 1.29 is 14.6 Å². The number of aliphatic hydroxyl groups is 1. The van der Waals surface area contributed by atoms with Crippen LogP contribution in [0.4, 0.5) is 0 Å². The van der Waals surface area contributed by atoms with Gasteiger partial charge in [-0.15, -0.1) is 0 Å². The van der Waals surface area contributed by atoms with Gasteiger partial charge in [0, 0.05) is 13.1 Å². The van der Waals surface area contributed by atoms with Gasteiger partial charge in [0.25, 0.3) is 0 Å². The first-order chi connectivity index (χ1) is 14.1. The number of likely N-dealkylation sites (N-methyl/N-ethyl adjacent to an activating group) is 1. The van der Waals surface area contributed by atoms with Crippen LogP contribution in [0.2, 0.25) is 0 Å². The third-order valence-electron chi connectivity index (χ3n) is 5.03. The van der Waals surface area contributed by atoms with Gasteiger partial charge >= 0.3 is 5.97 Å². The number of esters is 1. The number of hydrogen-bond acceptors (Lipinski definition) is 4. The van der Waals surface area contributed by atoms with Crippen LogP contribution in [0.25, 0.3) is 17.7 Å². The summed E-state index contributed by atoms with van der Waals surface area (Å²) in [7, 11) is 1.96. The monoisotopic (exact) mass is 391 g/mol. The van der Waals surface area contributed by atoms with Crippen molar-refractivity contribution in [2.45, 2.75) is 25.9 Å². The Bertz CT molecular complexity index is 849. The largest absolute Gasteiger partial charge is 0.466 e. The van der Waals surface area contributed by atoms with Gasteiger partial charge in [-0.3, -0.25) is 4.79 Å². The Morgan fingerprint density at radius 1 is 1.07 bits per heavy atom. The highest BCUT2D eigenvalue weighted by atomic mass is 16.5. The maximum Gasteiger partial charge on any atom is 0.308 e. The van der Waals surface area contributed by atoms with Crippen molar-refractivity contribution in [1.29, 1.82) is 0 Å². The van der Waals surface area contributed by atoms with E-state index in [2.05, 4.69) is 66.8 Å². The number of aliphatic hydroxyl groups excluding tert-OH is 1. The van der Waals surface area contributed by atoms with Gasteiger partial charge in [0.1, 0.15) is 0 Å². The van der Waals surface area contributed by atoms with E-state index in [1.165, 1.54) is 27.8 Å². The summed E-state index contributed by atoms with van der Waals surface area (Å²) in [6.45, 7) is 3.34. The van der Waals surface area contributed by atoms with Crippen molar-refractivity contribution in [2.24, 2.45) is 0 Å². The Labute approximate surface area is 173 Å². The standard InChI is InChI=1S/C25H29NO3/c1-3-29-25(28)17-21(27)18-26(2)16-8-13-24-22-11-6-4-9-19(22)14-15-20-10-5-7-12-23(20)24/h4-7,9-15,21,27H,3,8,16-18H2,1-2H3. The van der Waals surface area contributed by atoms with Crippen LogP contribution in [0, 0.1) is 0 Å². The summed E-state index contributed by atoms with van der Waals surface area (Å²) in [4.78, 5) is 13.6. The lowest BCUT2D eigenvalue weighted by atomic mass is 9.93. The van der Waals surface area contributed by atoms with Crippen molar-refractivity contribution in [3.05, 3.63) is 76.9 Å². The second-order valence-corrected chi connectivity index (χ2v) is 7.34. The molecular formula is C25H29NO3. The van der Waals surface area contributed by atoms with Crippen LogP contribution < -0.4 is 0 Å². The second kappa shape index (κ2) is 10.2. The van der Waals surface area contributed by atoms with E-state index in [1.54, 1.807) is 6.92 Å². The Balaban J connectivity index is 1.69. The van der Waals surface area contributed by atoms with Crippen molar-refractivity contribution in [3.63, 3.8) is 0 Å². The van der Waals surface area contributed by atoms with Crippen LogP contribution in [-0.2, 0) is 9.53 Å². The van der Waals surface area contributed by atoms with Gasteiger partial charge < -0.3 is 14.7 Å². The van der Waals surface area contributed by atoms with E-state index in [4.69, 9.17) is 4.74 Å². The third-order valence-corrected chi connectivity index (χ3v) is 5.03. The lowest BCUT2D eigenvalue weighted by molar-refractivity contribution is -0.145. The Hall–Kier alpha value is -2.69. The van der Waals surface area contributed by atoms with E-state index in [0.717, 1.165) is 13.0 Å². The van der Waals surface area contributed by atoms with Gasteiger partial charge in [-0.25, -0.2) is 0 Å². The SMILES string of the molecule is CCOC(=O)CC(O)CN(C)CCC=C1c2ccccc2C=Cc2ccccc21. The van der Waals surface area contributed by atoms with E-state index in [-0.39, 0.29) is 12.4 Å². The zero-order chi connectivity index (χ0) is 20.6. The summed E-state index contributed by atoms with van der Waals surface area (Å²) in [5.41, 5.74) is 6.14. The predicted molar refractivity (Wildman–Crippen MR) is 118 cm³/mol. The molecule has 1 N–H and O–H groups in total. The highest BCUT2D eigenvalue weighted by molar-refractivity contribution is 5.93. The van der Waals surface area contributed by atoms with Crippen molar-refractivity contribution in [2.75, 3.05) is 26.7 Å². The first-order valence-electron chi connectivity index (χ1n) is 10.2. The number of nitrogens with zero attached hydrogens (tertiary/aromatic N) is 1. The molecular weight excluding hydrogens is 362 g/mol. The lowest BCUT2D eigenvalue weighted by Gasteiger charge is -2.20. The van der Waals surface area contributed by atoms with Crippen LogP contribution in [-0.4, -0.2) is 48.8 Å². The Morgan fingerprint density at radius 2 is 1.66 bits per heavy atom. The summed E-state index contributed by atoms with van der Waals surface area (Å²) in [5, 5.41) is 10.1. The molecule has 0 spiro atoms. The topological polar surface area (TPSA) is 49.8 Å². The molecule has 1 aliphatic carbocycles. The van der Waals surface area contributed by atoms with Crippen LogP contribution in [0.1, 0.15) is 42.0 Å². The normalized spacial score (nSPS) is 13.4. The van der Waals surface area contributed by atoms with E-state index >= 15 is 0 Å². The van der Waals surface area contributed by atoms with Crippen molar-refractivity contribution >= 4 is 23.7 Å². The van der Waals surface area contributed by atoms with E-state index in [9.17, 15) is 9.90 Å². The van der Waals surface area contributed by atoms with Gasteiger partial charge in [-0.2, -0.15) is 0 Å². The number of benzene rings is 2. The molecule has 0 radical (unpaired) electrons. The number of fused-ring (bicyclic) bond motifs is 2. The third kappa shape index (κ3) is 5.66. The van der Waals surface area contributed by atoms with Gasteiger partial charge in [-0.05, 0) is 48.2 Å². The van der Waals surface area contributed by atoms with Crippen molar-refractivity contribution in [1.82, 2.24) is 4.90 Å². The fraction of sp³-hybridized carbons (Fsp3) is 0.320. The number of ether oxygens (including phenoxy) is 1. The molecule has 0 saturated carbocycles. The molecule has 2 aromatic rings. The smallest absolute Gasteiger partial charge is 0.308 e. The summed E-state index contributed by atoms with van der Waals surface area (Å²) < 4.78 is 4.90. The summed E-state index contributed by atoms with van der Waals surface area (Å²) >= 11 is 0. The summed E-state index contributed by atoms with van der Waals surface area (Å²) in [5.74, 6) is -0.352. The molecule has 0 saturated heterocycles. The van der Waals surface area contributed by atoms with Gasteiger partial charge in [0.15, 0.2) is 0 Å². The van der Waals surface area contributed by atoms with Crippen molar-refractivity contribution in [3.8, 4) is 0 Å². The predicted octanol–water partition coefficient (Wildman–Crippen LogP) is 4.24. The molecule has 0 bridgehead atoms. The highest BCUT2D eigenvalue weighted by Crippen LogP contribution is 2.33. The molecule has 1 aliphatic rings. The quantitative estimate of drug-likeness (QED) is 0.584. The minimum Gasteiger partial charge on any atom is -0.466 e. The number of rotatable bonds is 8. The van der Waals surface area contributed by atoms with Gasteiger partial charge in [0.05, 0.1) is 19.1 Å². The maximum absolute atomic E-state index is 11.5. The summed E-state index contributed by atoms with van der Waals surface area (Å²) in [6.07, 6.45) is 6.79. The fourth-order valence-corrected chi connectivity index (χ4v) is 3.68. The van der Waals surface area contributed by atoms with Crippen LogP contribution in [0.3, 0.4) is 0 Å². The first-order valence-corrected chi connectivity index (χ1v) is 10.2. The molecule has 0 amide bonds. The molecule has 4 nitrogen and oxygen atoms in total. The molecule has 29 heavy (non-hydrogen) atoms. The molecule has 4 heteroatoms. The molecule has 0 heterocycles. The van der Waals surface area contributed by atoms with Gasteiger partial charge in [0.2, 0.25) is 0 Å². The van der Waals surface area contributed by atoms with Crippen LogP contribution in [0.15, 0.2) is 54.6 Å². The highest BCUT2D eigenvalue weighted by Gasteiger charge is 2.15. The average Bonchev–Trinajstić information content (AvgIpc) is 2.85. The number of carbonyl (C=O) groups is 1. The minimum atomic E-state index is -0.713. The Morgan fingerprint density at radius 3 is 2.24 bits per heavy atom. The molecule has 0 aromatic heterocycles. The van der Waals surface area contributed by atoms with E-state index < -0.39 is 6.10 Å². The molecule has 3 rings (SSSR count). The number of carbonyl (C=O) groups excluding carboxylic acids is 1. The lowest BCUT2D eigenvalue weighted by Crippen LogP contribution is -2.31. The zero-order valence-corrected chi connectivity index (χ0v) is 17.2. The molecule has 152 valence electrons. The second-order valence-electron chi connectivity index (χ2n) is 7.34. The summed E-state index contributed by atoms with van der Waals surface area (Å²) in [6, 6.07) is 16.9. The molecule has 1 atom stereocenters.